The highest BCUT2D eigenvalue weighted by molar-refractivity contribution is 7.99. The molecule has 0 unspecified atom stereocenters. The van der Waals surface area contributed by atoms with Crippen molar-refractivity contribution in [1.82, 2.24) is 25.5 Å². The van der Waals surface area contributed by atoms with Crippen molar-refractivity contribution >= 4 is 29.3 Å². The first-order valence-electron chi connectivity index (χ1n) is 9.17. The van der Waals surface area contributed by atoms with Crippen LogP contribution in [0.5, 0.6) is 0 Å². The normalized spacial score (nSPS) is 15.6. The van der Waals surface area contributed by atoms with Gasteiger partial charge in [0.15, 0.2) is 0 Å². The predicted molar refractivity (Wildman–Crippen MR) is 113 cm³/mol. The summed E-state index contributed by atoms with van der Waals surface area (Å²) in [4.78, 5) is 35.9. The number of aromatic nitrogens is 4. The van der Waals surface area contributed by atoms with Crippen LogP contribution in [-0.2, 0) is 4.79 Å². The number of hydrogen-bond acceptors (Lipinski definition) is 6. The minimum atomic E-state index is -0.691. The Morgan fingerprint density at radius 2 is 2.13 bits per heavy atom. The maximum Gasteiger partial charge on any atom is 0.291 e. The van der Waals surface area contributed by atoms with Gasteiger partial charge in [-0.15, -0.1) is 16.9 Å². The van der Waals surface area contributed by atoms with Crippen LogP contribution in [-0.4, -0.2) is 50.8 Å². The summed E-state index contributed by atoms with van der Waals surface area (Å²) < 4.78 is 0. The second-order valence-corrected chi connectivity index (χ2v) is 7.71. The van der Waals surface area contributed by atoms with E-state index in [9.17, 15) is 9.59 Å². The highest BCUT2D eigenvalue weighted by atomic mass is 32.2. The molecule has 150 valence electrons. The van der Waals surface area contributed by atoms with Crippen LogP contribution >= 0.6 is 11.8 Å². The molecule has 3 heterocycles. The van der Waals surface area contributed by atoms with Crippen LogP contribution in [0.15, 0.2) is 47.6 Å². The molecule has 2 amide bonds. The van der Waals surface area contributed by atoms with Gasteiger partial charge in [0.25, 0.3) is 5.91 Å². The van der Waals surface area contributed by atoms with E-state index in [1.165, 1.54) is 11.8 Å². The van der Waals surface area contributed by atoms with Gasteiger partial charge in [0.2, 0.25) is 11.7 Å². The van der Waals surface area contributed by atoms with Gasteiger partial charge >= 0.3 is 0 Å². The molecule has 0 fully saturated rings. The number of likely N-dealkylation sites (N-methyl/N-ethyl adjacent to an activating group) is 1. The average Bonchev–Trinajstić information content (AvgIpc) is 3.17. The number of pyridine rings is 1. The van der Waals surface area contributed by atoms with Gasteiger partial charge in [-0.05, 0) is 37.3 Å². The van der Waals surface area contributed by atoms with Crippen LogP contribution in [0.3, 0.4) is 0 Å². The summed E-state index contributed by atoms with van der Waals surface area (Å²) in [5.41, 5.74) is 2.36. The van der Waals surface area contributed by atoms with E-state index in [1.54, 1.807) is 31.3 Å². The van der Waals surface area contributed by atoms with Crippen molar-refractivity contribution in [3.63, 3.8) is 0 Å². The topological polar surface area (TPSA) is 104 Å². The number of carbonyl (C=O) groups excluding carboxylic acids is 2. The summed E-state index contributed by atoms with van der Waals surface area (Å²) in [7, 11) is 1.70. The van der Waals surface area contributed by atoms with Crippen LogP contribution < -0.4 is 10.2 Å². The van der Waals surface area contributed by atoms with E-state index in [4.69, 9.17) is 0 Å². The van der Waals surface area contributed by atoms with Crippen LogP contribution in [0.2, 0.25) is 0 Å². The number of aromatic amines is 1. The molecular formula is C21H18N6O2S. The summed E-state index contributed by atoms with van der Waals surface area (Å²) in [5, 5.41) is 9.20. The van der Waals surface area contributed by atoms with Crippen molar-refractivity contribution in [2.45, 2.75) is 17.9 Å². The van der Waals surface area contributed by atoms with Crippen LogP contribution in [0.1, 0.15) is 27.6 Å². The summed E-state index contributed by atoms with van der Waals surface area (Å²) in [5.74, 6) is 6.44. The molecule has 1 aliphatic rings. The number of nitrogens with zero attached hydrogens (tertiary/aromatic N) is 4. The van der Waals surface area contributed by atoms with Gasteiger partial charge in [-0.3, -0.25) is 19.7 Å². The molecule has 0 bridgehead atoms. The minimum absolute atomic E-state index is 0.0164. The lowest BCUT2D eigenvalue weighted by molar-refractivity contribution is -0.119. The molecule has 2 N–H and O–H groups in total. The second-order valence-electron chi connectivity index (χ2n) is 6.65. The van der Waals surface area contributed by atoms with Gasteiger partial charge in [-0.25, -0.2) is 4.98 Å². The van der Waals surface area contributed by atoms with Crippen molar-refractivity contribution in [2.24, 2.45) is 0 Å². The third-order valence-corrected chi connectivity index (χ3v) is 5.63. The number of amides is 2. The fourth-order valence-electron chi connectivity index (χ4n) is 2.93. The van der Waals surface area contributed by atoms with Crippen molar-refractivity contribution in [2.75, 3.05) is 17.7 Å². The van der Waals surface area contributed by atoms with E-state index in [0.29, 0.717) is 11.6 Å². The summed E-state index contributed by atoms with van der Waals surface area (Å²) >= 11 is 1.51. The molecule has 4 rings (SSSR count). The SMILES string of the molecule is Cc1nc(C(=O)N[C@H]2CSc3ccc(C#Cc4cccnc4)cc3N(C)C2=O)n[nH]1. The highest BCUT2D eigenvalue weighted by Crippen LogP contribution is 2.34. The Morgan fingerprint density at radius 3 is 2.87 bits per heavy atom. The van der Waals surface area contributed by atoms with E-state index in [-0.39, 0.29) is 11.7 Å². The van der Waals surface area contributed by atoms with Crippen LogP contribution in [0, 0.1) is 18.8 Å². The number of hydrogen-bond donors (Lipinski definition) is 2. The Bertz CT molecular complexity index is 1160. The Labute approximate surface area is 177 Å². The second kappa shape index (κ2) is 8.39. The monoisotopic (exact) mass is 418 g/mol. The molecule has 0 saturated heterocycles. The van der Waals surface area contributed by atoms with Crippen LogP contribution in [0.25, 0.3) is 0 Å². The molecule has 9 heteroatoms. The van der Waals surface area contributed by atoms with Crippen molar-refractivity contribution < 1.29 is 9.59 Å². The first-order valence-corrected chi connectivity index (χ1v) is 10.2. The van der Waals surface area contributed by atoms with Crippen molar-refractivity contribution in [1.29, 1.82) is 0 Å². The Kier molecular flexibility index (Phi) is 5.50. The third-order valence-electron chi connectivity index (χ3n) is 4.47. The summed E-state index contributed by atoms with van der Waals surface area (Å²) in [6.07, 6.45) is 3.40. The molecule has 1 atom stereocenters. The molecule has 1 aliphatic heterocycles. The number of H-pyrrole nitrogens is 1. The zero-order valence-electron chi connectivity index (χ0n) is 16.3. The van der Waals surface area contributed by atoms with Gasteiger partial charge in [-0.1, -0.05) is 11.8 Å². The molecule has 2 aromatic heterocycles. The van der Waals surface area contributed by atoms with E-state index in [2.05, 4.69) is 37.3 Å². The lowest BCUT2D eigenvalue weighted by Crippen LogP contribution is -2.48. The smallest absolute Gasteiger partial charge is 0.291 e. The van der Waals surface area contributed by atoms with Gasteiger partial charge in [0.05, 0.1) is 5.69 Å². The number of rotatable bonds is 2. The Morgan fingerprint density at radius 1 is 1.30 bits per heavy atom. The molecule has 0 spiro atoms. The Hall–Kier alpha value is -3.64. The van der Waals surface area contributed by atoms with E-state index < -0.39 is 11.9 Å². The zero-order valence-corrected chi connectivity index (χ0v) is 17.2. The number of aryl methyl sites for hydroxylation is 1. The lowest BCUT2D eigenvalue weighted by atomic mass is 10.1. The molecule has 0 aliphatic carbocycles. The maximum atomic E-state index is 13.0. The quantitative estimate of drug-likeness (QED) is 0.615. The number of carbonyl (C=O) groups is 2. The fourth-order valence-corrected chi connectivity index (χ4v) is 4.01. The first-order chi connectivity index (χ1) is 14.5. The molecule has 30 heavy (non-hydrogen) atoms. The fraction of sp³-hybridized carbons (Fsp3) is 0.190. The molecule has 8 nitrogen and oxygen atoms in total. The standard InChI is InChI=1S/C21H18N6O2S/c1-13-23-19(26-25-13)20(28)24-16-12-30-18-8-7-14(10-17(18)27(2)21(16)29)5-6-15-4-3-9-22-11-15/h3-4,7-11,16H,12H2,1-2H3,(H,24,28)(H,23,25,26)/t16-/m0/s1. The number of anilines is 1. The summed E-state index contributed by atoms with van der Waals surface area (Å²) in [6.45, 7) is 1.70. The van der Waals surface area contributed by atoms with Gasteiger partial charge in [0.1, 0.15) is 11.9 Å². The van der Waals surface area contributed by atoms with Gasteiger partial charge in [-0.2, -0.15) is 0 Å². The molecular weight excluding hydrogens is 400 g/mol. The number of nitrogens with one attached hydrogen (secondary N) is 2. The number of benzene rings is 1. The molecule has 0 radical (unpaired) electrons. The predicted octanol–water partition coefficient (Wildman–Crippen LogP) is 1.78. The Balaban J connectivity index is 1.54. The number of thioether (sulfide) groups is 1. The van der Waals surface area contributed by atoms with E-state index in [1.807, 2.05) is 30.3 Å². The molecule has 1 aromatic carbocycles. The average molecular weight is 418 g/mol. The van der Waals surface area contributed by atoms with E-state index in [0.717, 1.165) is 21.7 Å². The largest absolute Gasteiger partial charge is 0.337 e. The van der Waals surface area contributed by atoms with Gasteiger partial charge in [0, 0.05) is 41.2 Å². The summed E-state index contributed by atoms with van der Waals surface area (Å²) in [6, 6.07) is 8.77. The zero-order chi connectivity index (χ0) is 21.1. The third kappa shape index (κ3) is 4.18. The molecule has 3 aromatic rings. The number of fused-ring (bicyclic) bond motifs is 1. The highest BCUT2D eigenvalue weighted by Gasteiger charge is 2.30. The first kappa shape index (κ1) is 19.7. The van der Waals surface area contributed by atoms with Crippen LogP contribution in [0.4, 0.5) is 5.69 Å². The van der Waals surface area contributed by atoms with E-state index >= 15 is 0 Å². The van der Waals surface area contributed by atoms with Crippen molar-refractivity contribution in [3.05, 3.63) is 65.5 Å². The van der Waals surface area contributed by atoms with Gasteiger partial charge < -0.3 is 10.2 Å². The maximum absolute atomic E-state index is 13.0. The molecule has 0 saturated carbocycles. The lowest BCUT2D eigenvalue weighted by Gasteiger charge is -2.21. The minimum Gasteiger partial charge on any atom is -0.337 e. The van der Waals surface area contributed by atoms with Crippen molar-refractivity contribution in [3.8, 4) is 11.8 Å².